The fraction of sp³-hybridized carbons (Fsp3) is 0.375. The summed E-state index contributed by atoms with van der Waals surface area (Å²) in [5.41, 5.74) is 3.33. The highest BCUT2D eigenvalue weighted by Gasteiger charge is 2.31. The lowest BCUT2D eigenvalue weighted by Crippen LogP contribution is -2.52. The maximum atomic E-state index is 13.8. The van der Waals surface area contributed by atoms with Gasteiger partial charge in [0.1, 0.15) is 6.04 Å². The summed E-state index contributed by atoms with van der Waals surface area (Å²) in [5, 5.41) is 3.31. The van der Waals surface area contributed by atoms with Crippen LogP contribution in [-0.2, 0) is 28.3 Å². The van der Waals surface area contributed by atoms with Crippen LogP contribution in [0.2, 0.25) is 0 Å². The smallest absolute Gasteiger partial charge is 0.243 e. The summed E-state index contributed by atoms with van der Waals surface area (Å²) in [6.45, 7) is 0.408. The summed E-state index contributed by atoms with van der Waals surface area (Å²) in [5.74, 6) is 1.57. The quantitative estimate of drug-likeness (QED) is 0.227. The summed E-state index contributed by atoms with van der Waals surface area (Å²) in [4.78, 5) is 29.4. The molecule has 1 N–H and O–H groups in total. The highest BCUT2D eigenvalue weighted by atomic mass is 79.9. The van der Waals surface area contributed by atoms with Gasteiger partial charge in [0.15, 0.2) is 0 Å². The highest BCUT2D eigenvalue weighted by Crippen LogP contribution is 2.22. The number of halogens is 1. The lowest BCUT2D eigenvalue weighted by atomic mass is 9.94. The molecule has 0 spiro atoms. The van der Waals surface area contributed by atoms with Crippen molar-refractivity contribution in [2.45, 2.75) is 69.3 Å². The predicted molar refractivity (Wildman–Crippen MR) is 161 cm³/mol. The first kappa shape index (κ1) is 28.4. The van der Waals surface area contributed by atoms with Gasteiger partial charge in [-0.2, -0.15) is 11.8 Å². The Morgan fingerprint density at radius 2 is 1.47 bits per heavy atom. The van der Waals surface area contributed by atoms with E-state index in [0.717, 1.165) is 47.0 Å². The van der Waals surface area contributed by atoms with Crippen LogP contribution in [0.5, 0.6) is 0 Å². The summed E-state index contributed by atoms with van der Waals surface area (Å²) in [7, 11) is 0. The Labute approximate surface area is 239 Å². The van der Waals surface area contributed by atoms with Gasteiger partial charge in [-0.25, -0.2) is 0 Å². The number of thioether (sulfide) groups is 1. The molecule has 2 amide bonds. The average molecular weight is 594 g/mol. The van der Waals surface area contributed by atoms with E-state index in [1.54, 1.807) is 11.8 Å². The average Bonchev–Trinajstić information content (AvgIpc) is 2.95. The summed E-state index contributed by atoms with van der Waals surface area (Å²) >= 11 is 5.26. The van der Waals surface area contributed by atoms with Crippen molar-refractivity contribution in [3.63, 3.8) is 0 Å². The van der Waals surface area contributed by atoms with Crippen LogP contribution in [0.1, 0.15) is 55.2 Å². The third kappa shape index (κ3) is 9.02. The molecule has 3 aromatic carbocycles. The number of carbonyl (C=O) groups is 2. The number of nitrogens with zero attached hydrogens (tertiary/aromatic N) is 1. The van der Waals surface area contributed by atoms with Gasteiger partial charge in [0.25, 0.3) is 0 Å². The number of carbonyl (C=O) groups excluding carboxylic acids is 2. The second-order valence-electron chi connectivity index (χ2n) is 9.99. The SMILES string of the molecule is O=C(NC1CCCCC1)[C@H](Cc1ccccc1)N(Cc1ccc(Br)cc1)C(=O)CCSCc1ccccc1. The van der Waals surface area contributed by atoms with Crippen LogP contribution in [0.15, 0.2) is 89.4 Å². The number of benzene rings is 3. The van der Waals surface area contributed by atoms with Gasteiger partial charge in [-0.05, 0) is 41.7 Å². The molecule has 6 heteroatoms. The Morgan fingerprint density at radius 3 is 2.13 bits per heavy atom. The van der Waals surface area contributed by atoms with Gasteiger partial charge in [-0.1, -0.05) is 108 Å². The molecule has 4 rings (SSSR count). The molecule has 4 nitrogen and oxygen atoms in total. The standard InChI is InChI=1S/C32H37BrN2O2S/c33-28-18-16-26(17-19-28)23-35(31(36)20-21-38-24-27-12-6-2-7-13-27)30(22-25-10-4-1-5-11-25)32(37)34-29-14-8-3-9-15-29/h1-2,4-7,10-13,16-19,29-30H,3,8-9,14-15,20-24H2,(H,34,37)/t30-/m0/s1. The van der Waals surface area contributed by atoms with Crippen molar-refractivity contribution in [3.8, 4) is 0 Å². The van der Waals surface area contributed by atoms with Crippen molar-refractivity contribution in [1.82, 2.24) is 10.2 Å². The molecule has 0 bridgehead atoms. The Balaban J connectivity index is 1.52. The first-order chi connectivity index (χ1) is 18.6. The van der Waals surface area contributed by atoms with Crippen molar-refractivity contribution in [1.29, 1.82) is 0 Å². The molecule has 3 aromatic rings. The second kappa shape index (κ2) is 15.1. The first-order valence-corrected chi connectivity index (χ1v) is 15.5. The molecule has 1 saturated carbocycles. The molecule has 0 unspecified atom stereocenters. The Morgan fingerprint density at radius 1 is 0.842 bits per heavy atom. The monoisotopic (exact) mass is 592 g/mol. The number of amides is 2. The largest absolute Gasteiger partial charge is 0.352 e. The van der Waals surface area contributed by atoms with Gasteiger partial charge < -0.3 is 10.2 Å². The minimum absolute atomic E-state index is 0.0215. The molecule has 0 aromatic heterocycles. The highest BCUT2D eigenvalue weighted by molar-refractivity contribution is 9.10. The molecular formula is C32H37BrN2O2S. The minimum Gasteiger partial charge on any atom is -0.352 e. The van der Waals surface area contributed by atoms with Gasteiger partial charge in [-0.3, -0.25) is 9.59 Å². The van der Waals surface area contributed by atoms with Gasteiger partial charge in [0.05, 0.1) is 0 Å². The van der Waals surface area contributed by atoms with Gasteiger partial charge in [0, 0.05) is 41.4 Å². The molecule has 38 heavy (non-hydrogen) atoms. The fourth-order valence-corrected chi connectivity index (χ4v) is 6.11. The summed E-state index contributed by atoms with van der Waals surface area (Å²) < 4.78 is 0.993. The summed E-state index contributed by atoms with van der Waals surface area (Å²) in [6, 6.07) is 28.0. The molecule has 0 saturated heterocycles. The van der Waals surface area contributed by atoms with E-state index in [9.17, 15) is 9.59 Å². The first-order valence-electron chi connectivity index (χ1n) is 13.6. The third-order valence-corrected chi connectivity index (χ3v) is 8.62. The maximum absolute atomic E-state index is 13.8. The molecular weight excluding hydrogens is 556 g/mol. The molecule has 1 aliphatic carbocycles. The van der Waals surface area contributed by atoms with Gasteiger partial charge in [-0.15, -0.1) is 0 Å². The Kier molecular flexibility index (Phi) is 11.3. The van der Waals surface area contributed by atoms with E-state index in [-0.39, 0.29) is 17.9 Å². The second-order valence-corrected chi connectivity index (χ2v) is 12.0. The van der Waals surface area contributed by atoms with Crippen molar-refractivity contribution >= 4 is 39.5 Å². The van der Waals surface area contributed by atoms with Crippen LogP contribution in [0.25, 0.3) is 0 Å². The molecule has 1 atom stereocenters. The molecule has 200 valence electrons. The normalized spacial score (nSPS) is 14.6. The van der Waals surface area contributed by atoms with Crippen LogP contribution < -0.4 is 5.32 Å². The molecule has 1 fully saturated rings. The van der Waals surface area contributed by atoms with E-state index in [1.807, 2.05) is 77.7 Å². The van der Waals surface area contributed by atoms with Crippen LogP contribution >= 0.6 is 27.7 Å². The predicted octanol–water partition coefficient (Wildman–Crippen LogP) is 7.16. The lowest BCUT2D eigenvalue weighted by molar-refractivity contribution is -0.141. The zero-order valence-electron chi connectivity index (χ0n) is 21.9. The Hall–Kier alpha value is -2.57. The Bertz CT molecular complexity index is 1140. The fourth-order valence-electron chi connectivity index (χ4n) is 4.95. The minimum atomic E-state index is -0.561. The number of hydrogen-bond donors (Lipinski definition) is 1. The summed E-state index contributed by atoms with van der Waals surface area (Å²) in [6.07, 6.45) is 6.45. The molecule has 0 aliphatic heterocycles. The van der Waals surface area contributed by atoms with Crippen LogP contribution in [0.4, 0.5) is 0 Å². The van der Waals surface area contributed by atoms with E-state index in [0.29, 0.717) is 25.1 Å². The van der Waals surface area contributed by atoms with Crippen molar-refractivity contribution in [2.75, 3.05) is 5.75 Å². The third-order valence-electron chi connectivity index (χ3n) is 7.06. The zero-order chi connectivity index (χ0) is 26.6. The zero-order valence-corrected chi connectivity index (χ0v) is 24.3. The maximum Gasteiger partial charge on any atom is 0.243 e. The van der Waals surface area contributed by atoms with E-state index in [2.05, 4.69) is 33.4 Å². The number of hydrogen-bond acceptors (Lipinski definition) is 3. The molecule has 0 heterocycles. The number of nitrogens with one attached hydrogen (secondary N) is 1. The van der Waals surface area contributed by atoms with E-state index in [4.69, 9.17) is 0 Å². The van der Waals surface area contributed by atoms with Crippen molar-refractivity contribution in [2.24, 2.45) is 0 Å². The van der Waals surface area contributed by atoms with Crippen LogP contribution in [0, 0.1) is 0 Å². The van der Waals surface area contributed by atoms with Gasteiger partial charge in [0.2, 0.25) is 11.8 Å². The van der Waals surface area contributed by atoms with E-state index >= 15 is 0 Å². The van der Waals surface area contributed by atoms with E-state index in [1.165, 1.54) is 12.0 Å². The topological polar surface area (TPSA) is 49.4 Å². The van der Waals surface area contributed by atoms with Crippen LogP contribution in [0.3, 0.4) is 0 Å². The van der Waals surface area contributed by atoms with Crippen molar-refractivity contribution in [3.05, 3.63) is 106 Å². The van der Waals surface area contributed by atoms with Gasteiger partial charge >= 0.3 is 0 Å². The molecule has 0 radical (unpaired) electrons. The molecule has 1 aliphatic rings. The van der Waals surface area contributed by atoms with Crippen LogP contribution in [-0.4, -0.2) is 34.6 Å². The number of rotatable bonds is 12. The lowest BCUT2D eigenvalue weighted by Gasteiger charge is -2.33. The van der Waals surface area contributed by atoms with E-state index < -0.39 is 6.04 Å². The van der Waals surface area contributed by atoms with Crippen molar-refractivity contribution < 1.29 is 9.59 Å².